The molecule has 1 aromatic heterocycles. The number of aromatic nitrogens is 1. The van der Waals surface area contributed by atoms with Crippen molar-refractivity contribution in [3.63, 3.8) is 0 Å². The third-order valence-electron chi connectivity index (χ3n) is 3.91. The molecular weight excluding hydrogens is 406 g/mol. The lowest BCUT2D eigenvalue weighted by molar-refractivity contribution is -0.135. The lowest BCUT2D eigenvalue weighted by Gasteiger charge is -2.13. The van der Waals surface area contributed by atoms with Gasteiger partial charge >= 0.3 is 5.97 Å². The first-order valence-corrected chi connectivity index (χ1v) is 11.0. The summed E-state index contributed by atoms with van der Waals surface area (Å²) in [6.45, 7) is 1.34. The normalized spacial score (nSPS) is 13.4. The van der Waals surface area contributed by atoms with Gasteiger partial charge in [0.05, 0.1) is 9.79 Å². The number of hydrogen-bond acceptors (Lipinski definition) is 6. The largest absolute Gasteiger partial charge is 0.423 e. The van der Waals surface area contributed by atoms with Gasteiger partial charge in [-0.1, -0.05) is 12.1 Å². The van der Waals surface area contributed by atoms with E-state index in [1.54, 1.807) is 12.1 Å². The van der Waals surface area contributed by atoms with Crippen molar-refractivity contribution in [3.8, 4) is 5.75 Å². The number of carbonyl (C=O) groups is 1. The highest BCUT2D eigenvalue weighted by molar-refractivity contribution is 7.89. The van der Waals surface area contributed by atoms with Crippen LogP contribution in [0.3, 0.4) is 0 Å². The van der Waals surface area contributed by atoms with Crippen LogP contribution in [0.15, 0.2) is 64.5 Å². The maximum Gasteiger partial charge on any atom is 0.329 e. The number of nitrogens with two attached hydrogens (primary N) is 1. The average molecular weight is 423 g/mol. The third-order valence-corrected chi connectivity index (χ3v) is 6.40. The Morgan fingerprint density at radius 1 is 1.04 bits per heavy atom. The van der Waals surface area contributed by atoms with Gasteiger partial charge in [-0.05, 0) is 43.3 Å². The van der Waals surface area contributed by atoms with Crippen LogP contribution in [0, 0.1) is 0 Å². The van der Waals surface area contributed by atoms with Crippen molar-refractivity contribution < 1.29 is 26.4 Å². The first-order chi connectivity index (χ1) is 13.1. The molecule has 1 heterocycles. The van der Waals surface area contributed by atoms with E-state index in [4.69, 9.17) is 9.88 Å². The van der Waals surface area contributed by atoms with Gasteiger partial charge in [0.2, 0.25) is 20.0 Å². The van der Waals surface area contributed by atoms with Crippen molar-refractivity contribution in [2.24, 2.45) is 5.14 Å². The van der Waals surface area contributed by atoms with Crippen LogP contribution in [0.1, 0.15) is 6.92 Å². The first-order valence-electron chi connectivity index (χ1n) is 8.01. The average Bonchev–Trinajstić information content (AvgIpc) is 3.04. The maximum atomic E-state index is 12.4. The second-order valence-electron chi connectivity index (χ2n) is 5.98. The minimum Gasteiger partial charge on any atom is -0.423 e. The van der Waals surface area contributed by atoms with E-state index in [1.807, 2.05) is 12.1 Å². The molecule has 0 aliphatic heterocycles. The van der Waals surface area contributed by atoms with E-state index in [2.05, 4.69) is 9.71 Å². The predicted molar refractivity (Wildman–Crippen MR) is 102 cm³/mol. The zero-order valence-electron chi connectivity index (χ0n) is 14.6. The third kappa shape index (κ3) is 4.22. The highest BCUT2D eigenvalue weighted by Crippen LogP contribution is 2.25. The fourth-order valence-electron chi connectivity index (χ4n) is 2.48. The van der Waals surface area contributed by atoms with E-state index >= 15 is 0 Å². The Bertz CT molecular complexity index is 1230. The van der Waals surface area contributed by atoms with E-state index in [0.29, 0.717) is 5.39 Å². The summed E-state index contributed by atoms with van der Waals surface area (Å²) in [4.78, 5) is 14.8. The van der Waals surface area contributed by atoms with Crippen LogP contribution in [0.4, 0.5) is 0 Å². The van der Waals surface area contributed by atoms with Crippen molar-refractivity contribution in [1.82, 2.24) is 9.71 Å². The summed E-state index contributed by atoms with van der Waals surface area (Å²) in [6, 6.07) is 10.3. The molecule has 0 radical (unpaired) electrons. The number of primary sulfonamides is 1. The van der Waals surface area contributed by atoms with E-state index < -0.39 is 32.1 Å². The van der Waals surface area contributed by atoms with Crippen LogP contribution in [0.5, 0.6) is 5.75 Å². The fourth-order valence-corrected chi connectivity index (χ4v) is 4.19. The van der Waals surface area contributed by atoms with Crippen molar-refractivity contribution in [1.29, 1.82) is 0 Å². The SMILES string of the molecule is C[C@H](NS(=O)(=O)c1ccc(S(N)(=O)=O)cc1)C(=O)Oc1c[nH]c2ccccc12. The van der Waals surface area contributed by atoms with Crippen molar-refractivity contribution in [2.45, 2.75) is 22.8 Å². The Morgan fingerprint density at radius 2 is 1.64 bits per heavy atom. The molecule has 0 bridgehead atoms. The lowest BCUT2D eigenvalue weighted by atomic mass is 10.2. The molecule has 28 heavy (non-hydrogen) atoms. The molecule has 11 heteroatoms. The van der Waals surface area contributed by atoms with Gasteiger partial charge in [0.1, 0.15) is 6.04 Å². The van der Waals surface area contributed by atoms with Gasteiger partial charge in [-0.25, -0.2) is 26.8 Å². The molecule has 2 aromatic carbocycles. The van der Waals surface area contributed by atoms with E-state index in [-0.39, 0.29) is 15.5 Å². The van der Waals surface area contributed by atoms with E-state index in [0.717, 1.165) is 29.8 Å². The highest BCUT2D eigenvalue weighted by Gasteiger charge is 2.24. The van der Waals surface area contributed by atoms with Gasteiger partial charge in [-0.15, -0.1) is 0 Å². The topological polar surface area (TPSA) is 148 Å². The highest BCUT2D eigenvalue weighted by atomic mass is 32.2. The summed E-state index contributed by atoms with van der Waals surface area (Å²) in [5, 5.41) is 5.67. The van der Waals surface area contributed by atoms with Crippen LogP contribution in [0.2, 0.25) is 0 Å². The molecule has 0 amide bonds. The van der Waals surface area contributed by atoms with Crippen LogP contribution in [-0.2, 0) is 24.8 Å². The molecule has 3 aromatic rings. The Morgan fingerprint density at radius 3 is 2.29 bits per heavy atom. The van der Waals surface area contributed by atoms with Crippen LogP contribution in [-0.4, -0.2) is 33.8 Å². The van der Waals surface area contributed by atoms with Crippen molar-refractivity contribution in [2.75, 3.05) is 0 Å². The molecule has 0 unspecified atom stereocenters. The molecule has 0 aliphatic carbocycles. The Kier molecular flexibility index (Phi) is 5.26. The number of para-hydroxylation sites is 1. The van der Waals surface area contributed by atoms with Crippen LogP contribution >= 0.6 is 0 Å². The van der Waals surface area contributed by atoms with Crippen molar-refractivity contribution >= 4 is 36.9 Å². The number of ether oxygens (including phenoxy) is 1. The number of sulfonamides is 2. The molecular formula is C17H17N3O6S2. The molecule has 148 valence electrons. The number of rotatable bonds is 6. The summed E-state index contributed by atoms with van der Waals surface area (Å²) < 4.78 is 54.8. The van der Waals surface area contributed by atoms with E-state index in [1.165, 1.54) is 13.1 Å². The second kappa shape index (κ2) is 7.36. The Labute approximate surface area is 161 Å². The number of H-pyrrole nitrogens is 1. The van der Waals surface area contributed by atoms with Gasteiger partial charge in [0.15, 0.2) is 5.75 Å². The number of nitrogens with one attached hydrogen (secondary N) is 2. The summed E-state index contributed by atoms with van der Waals surface area (Å²) in [5.41, 5.74) is 0.772. The number of benzene rings is 2. The quantitative estimate of drug-likeness (QED) is 0.505. The number of esters is 1. The summed E-state index contributed by atoms with van der Waals surface area (Å²) in [7, 11) is -8.02. The first kappa shape index (κ1) is 20.0. The van der Waals surface area contributed by atoms with Gasteiger partial charge in [-0.3, -0.25) is 0 Å². The minimum atomic E-state index is -4.08. The fraction of sp³-hybridized carbons (Fsp3) is 0.118. The van der Waals surface area contributed by atoms with Gasteiger partial charge in [0, 0.05) is 17.1 Å². The molecule has 0 saturated carbocycles. The Hall–Kier alpha value is -2.73. The molecule has 4 N–H and O–H groups in total. The zero-order valence-corrected chi connectivity index (χ0v) is 16.2. The van der Waals surface area contributed by atoms with Crippen molar-refractivity contribution in [3.05, 3.63) is 54.7 Å². The smallest absolute Gasteiger partial charge is 0.329 e. The zero-order chi connectivity index (χ0) is 20.5. The number of aromatic amines is 1. The molecule has 9 nitrogen and oxygen atoms in total. The van der Waals surface area contributed by atoms with Gasteiger partial charge in [-0.2, -0.15) is 4.72 Å². The summed E-state index contributed by atoms with van der Waals surface area (Å²) in [6.07, 6.45) is 1.51. The second-order valence-corrected chi connectivity index (χ2v) is 9.25. The Balaban J connectivity index is 1.73. The summed E-state index contributed by atoms with van der Waals surface area (Å²) >= 11 is 0. The van der Waals surface area contributed by atoms with Gasteiger partial charge in [0.25, 0.3) is 0 Å². The molecule has 0 fully saturated rings. The standard InChI is InChI=1S/C17H17N3O6S2/c1-11(17(21)26-16-10-19-15-5-3-2-4-14(15)16)20-28(24,25)13-8-6-12(7-9-13)27(18,22)23/h2-11,19-20H,1H3,(H2,18,22,23)/t11-/m0/s1. The minimum absolute atomic E-state index is 0.216. The molecule has 0 saturated heterocycles. The molecule has 0 spiro atoms. The number of fused-ring (bicyclic) bond motifs is 1. The lowest BCUT2D eigenvalue weighted by Crippen LogP contribution is -2.40. The van der Waals surface area contributed by atoms with Gasteiger partial charge < -0.3 is 9.72 Å². The molecule has 1 atom stereocenters. The molecule has 3 rings (SSSR count). The van der Waals surface area contributed by atoms with E-state index in [9.17, 15) is 21.6 Å². The number of hydrogen-bond donors (Lipinski definition) is 3. The number of carbonyl (C=O) groups excluding carboxylic acids is 1. The summed E-state index contributed by atoms with van der Waals surface area (Å²) in [5.74, 6) is -0.515. The monoisotopic (exact) mass is 423 g/mol. The maximum absolute atomic E-state index is 12.4. The predicted octanol–water partition coefficient (Wildman–Crippen LogP) is 1.09. The van der Waals surface area contributed by atoms with Crippen LogP contribution < -0.4 is 14.6 Å². The molecule has 0 aliphatic rings. The van der Waals surface area contributed by atoms with Crippen LogP contribution in [0.25, 0.3) is 10.9 Å².